The fourth-order valence-electron chi connectivity index (χ4n) is 3.32. The summed E-state index contributed by atoms with van der Waals surface area (Å²) in [5, 5.41) is 16.6. The third kappa shape index (κ3) is 3.14. The predicted molar refractivity (Wildman–Crippen MR) is 101 cm³/mol. The maximum atomic E-state index is 13.8. The zero-order chi connectivity index (χ0) is 18.2. The number of halogens is 1. The normalized spacial score (nSPS) is 15.0. The fourth-order valence-corrected chi connectivity index (χ4v) is 3.32. The number of anilines is 1. The molecule has 1 fully saturated rings. The Balaban J connectivity index is 1.55. The lowest BCUT2D eigenvalue weighted by Gasteiger charge is -2.20. The molecule has 0 bridgehead atoms. The second-order valence-electron chi connectivity index (χ2n) is 6.86. The van der Waals surface area contributed by atoms with Crippen molar-refractivity contribution in [1.29, 1.82) is 0 Å². The van der Waals surface area contributed by atoms with Gasteiger partial charge in [-0.25, -0.2) is 4.39 Å². The van der Waals surface area contributed by atoms with Crippen molar-refractivity contribution >= 4 is 11.5 Å². The van der Waals surface area contributed by atoms with Gasteiger partial charge in [0.1, 0.15) is 11.6 Å². The summed E-state index contributed by atoms with van der Waals surface area (Å²) in [5.41, 5.74) is 2.62. The summed E-state index contributed by atoms with van der Waals surface area (Å²) in [7, 11) is 0. The van der Waals surface area contributed by atoms with Gasteiger partial charge in [0.2, 0.25) is 0 Å². The minimum Gasteiger partial charge on any atom is -0.358 e. The molecule has 1 N–H and O–H groups in total. The first-order valence-corrected chi connectivity index (χ1v) is 9.07. The van der Waals surface area contributed by atoms with Crippen LogP contribution in [0.25, 0.3) is 5.65 Å². The van der Waals surface area contributed by atoms with E-state index < -0.39 is 0 Å². The number of benzene rings is 2. The average molecular weight is 359 g/mol. The number of nitrogens with one attached hydrogen (secondary N) is 1. The molecule has 2 aromatic carbocycles. The molecule has 0 saturated heterocycles. The average Bonchev–Trinajstić information content (AvgIpc) is 3.46. The van der Waals surface area contributed by atoms with Crippen molar-refractivity contribution in [3.8, 4) is 0 Å². The van der Waals surface area contributed by atoms with E-state index in [1.165, 1.54) is 6.07 Å². The van der Waals surface area contributed by atoms with E-state index in [0.29, 0.717) is 11.7 Å². The van der Waals surface area contributed by atoms with Crippen LogP contribution in [0.2, 0.25) is 0 Å². The number of rotatable bonds is 5. The van der Waals surface area contributed by atoms with Gasteiger partial charge in [0.05, 0.1) is 6.04 Å². The fraction of sp³-hybridized carbons (Fsp3) is 0.190. The molecule has 1 unspecified atom stereocenters. The van der Waals surface area contributed by atoms with Crippen molar-refractivity contribution in [1.82, 2.24) is 19.8 Å². The van der Waals surface area contributed by atoms with Crippen LogP contribution in [0.5, 0.6) is 0 Å². The zero-order valence-electron chi connectivity index (χ0n) is 14.6. The van der Waals surface area contributed by atoms with E-state index in [-0.39, 0.29) is 11.9 Å². The Morgan fingerprint density at radius 2 is 1.74 bits per heavy atom. The lowest BCUT2D eigenvalue weighted by atomic mass is 9.98. The summed E-state index contributed by atoms with van der Waals surface area (Å²) in [6.07, 6.45) is 2.27. The van der Waals surface area contributed by atoms with Crippen LogP contribution in [0.15, 0.2) is 66.7 Å². The lowest BCUT2D eigenvalue weighted by Crippen LogP contribution is -2.14. The third-order valence-electron chi connectivity index (χ3n) is 4.84. The summed E-state index contributed by atoms with van der Waals surface area (Å²) in [6, 6.07) is 20.2. The molecule has 5 nitrogen and oxygen atoms in total. The van der Waals surface area contributed by atoms with Crippen LogP contribution in [0.1, 0.15) is 41.8 Å². The molecule has 6 heteroatoms. The van der Waals surface area contributed by atoms with Crippen molar-refractivity contribution in [2.75, 3.05) is 5.32 Å². The van der Waals surface area contributed by atoms with Crippen LogP contribution < -0.4 is 5.32 Å². The maximum Gasteiger partial charge on any atom is 0.178 e. The van der Waals surface area contributed by atoms with E-state index in [4.69, 9.17) is 5.10 Å². The largest absolute Gasteiger partial charge is 0.358 e. The molecule has 2 aromatic heterocycles. The first-order valence-electron chi connectivity index (χ1n) is 9.07. The molecule has 1 aliphatic carbocycles. The topological polar surface area (TPSA) is 55.1 Å². The maximum absolute atomic E-state index is 13.8. The van der Waals surface area contributed by atoms with Gasteiger partial charge >= 0.3 is 0 Å². The van der Waals surface area contributed by atoms with Crippen molar-refractivity contribution in [2.24, 2.45) is 0 Å². The minimum absolute atomic E-state index is 0.215. The van der Waals surface area contributed by atoms with Gasteiger partial charge in [0.15, 0.2) is 11.5 Å². The summed E-state index contributed by atoms with van der Waals surface area (Å²) in [5.74, 6) is 1.81. The van der Waals surface area contributed by atoms with Crippen LogP contribution in [-0.4, -0.2) is 19.8 Å². The molecule has 0 aliphatic heterocycles. The van der Waals surface area contributed by atoms with Crippen LogP contribution in [-0.2, 0) is 0 Å². The molecule has 1 aliphatic rings. The summed E-state index contributed by atoms with van der Waals surface area (Å²) in [4.78, 5) is 0. The first-order chi connectivity index (χ1) is 13.3. The highest BCUT2D eigenvalue weighted by Gasteiger charge is 2.29. The summed E-state index contributed by atoms with van der Waals surface area (Å²) < 4.78 is 15.6. The predicted octanol–water partition coefficient (Wildman–Crippen LogP) is 4.34. The van der Waals surface area contributed by atoms with Gasteiger partial charge in [0, 0.05) is 5.92 Å². The van der Waals surface area contributed by atoms with Gasteiger partial charge in [0.25, 0.3) is 0 Å². The van der Waals surface area contributed by atoms with Crippen molar-refractivity contribution < 1.29 is 4.39 Å². The Morgan fingerprint density at radius 3 is 2.52 bits per heavy atom. The Hall–Kier alpha value is -3.28. The number of hydrogen-bond donors (Lipinski definition) is 1. The molecular formula is C21H18FN5. The molecule has 1 atom stereocenters. The van der Waals surface area contributed by atoms with E-state index in [1.807, 2.05) is 53.0 Å². The molecular weight excluding hydrogens is 341 g/mol. The van der Waals surface area contributed by atoms with E-state index in [1.54, 1.807) is 12.1 Å². The molecule has 0 amide bonds. The minimum atomic E-state index is -0.256. The van der Waals surface area contributed by atoms with Gasteiger partial charge in [-0.05, 0) is 48.2 Å². The van der Waals surface area contributed by atoms with Crippen LogP contribution >= 0.6 is 0 Å². The van der Waals surface area contributed by atoms with Gasteiger partial charge in [-0.1, -0.05) is 42.5 Å². The number of nitrogens with zero attached hydrogens (tertiary/aromatic N) is 4. The SMILES string of the molecule is Fc1cccc(C(Nc2ccc3nnc(C4CC4)n3n2)c2ccccc2)c1. The third-order valence-corrected chi connectivity index (χ3v) is 4.84. The van der Waals surface area contributed by atoms with Crippen molar-refractivity contribution in [2.45, 2.75) is 24.8 Å². The molecule has 134 valence electrons. The van der Waals surface area contributed by atoms with Crippen molar-refractivity contribution in [3.63, 3.8) is 0 Å². The standard InChI is InChI=1S/C21H18FN5/c22-17-8-4-7-16(13-17)20(14-5-2-1-3-6-14)23-18-11-12-19-24-25-21(15-9-10-15)27(19)26-18/h1-8,11-13,15,20H,9-10H2,(H,23,26). The van der Waals surface area contributed by atoms with Crippen LogP contribution in [0.3, 0.4) is 0 Å². The summed E-state index contributed by atoms with van der Waals surface area (Å²) >= 11 is 0. The molecule has 0 spiro atoms. The quantitative estimate of drug-likeness (QED) is 0.576. The second kappa shape index (κ2) is 6.46. The zero-order valence-corrected chi connectivity index (χ0v) is 14.6. The monoisotopic (exact) mass is 359 g/mol. The van der Waals surface area contributed by atoms with Crippen LogP contribution in [0.4, 0.5) is 10.2 Å². The van der Waals surface area contributed by atoms with E-state index in [0.717, 1.165) is 35.4 Å². The highest BCUT2D eigenvalue weighted by molar-refractivity contribution is 5.48. The van der Waals surface area contributed by atoms with Gasteiger partial charge < -0.3 is 5.32 Å². The van der Waals surface area contributed by atoms with Gasteiger partial charge in [-0.2, -0.15) is 4.52 Å². The van der Waals surface area contributed by atoms with E-state index >= 15 is 0 Å². The second-order valence-corrected chi connectivity index (χ2v) is 6.86. The Kier molecular flexibility index (Phi) is 3.81. The van der Waals surface area contributed by atoms with Crippen LogP contribution in [0, 0.1) is 5.82 Å². The Labute approximate surface area is 155 Å². The molecule has 2 heterocycles. The number of fused-ring (bicyclic) bond motifs is 1. The number of hydrogen-bond acceptors (Lipinski definition) is 4. The number of aromatic nitrogens is 4. The highest BCUT2D eigenvalue weighted by atomic mass is 19.1. The van der Waals surface area contributed by atoms with Crippen molar-refractivity contribution in [3.05, 3.63) is 89.5 Å². The van der Waals surface area contributed by atoms with E-state index in [2.05, 4.69) is 15.5 Å². The molecule has 5 rings (SSSR count). The smallest absolute Gasteiger partial charge is 0.178 e. The first kappa shape index (κ1) is 15.9. The Bertz CT molecular complexity index is 1090. The molecule has 0 radical (unpaired) electrons. The van der Waals surface area contributed by atoms with Gasteiger partial charge in [-0.15, -0.1) is 15.3 Å². The summed E-state index contributed by atoms with van der Waals surface area (Å²) in [6.45, 7) is 0. The lowest BCUT2D eigenvalue weighted by molar-refractivity contribution is 0.624. The Morgan fingerprint density at radius 1 is 0.926 bits per heavy atom. The molecule has 27 heavy (non-hydrogen) atoms. The molecule has 1 saturated carbocycles. The highest BCUT2D eigenvalue weighted by Crippen LogP contribution is 2.38. The van der Waals surface area contributed by atoms with E-state index in [9.17, 15) is 4.39 Å². The van der Waals surface area contributed by atoms with Gasteiger partial charge in [-0.3, -0.25) is 0 Å². The molecule has 4 aromatic rings.